The van der Waals surface area contributed by atoms with Crippen molar-refractivity contribution < 1.29 is 0 Å². The third-order valence-corrected chi connectivity index (χ3v) is 3.96. The zero-order valence-corrected chi connectivity index (χ0v) is 12.0. The number of nitriles is 1. The summed E-state index contributed by atoms with van der Waals surface area (Å²) in [5.41, 5.74) is 4.19. The number of hydrogen-bond acceptors (Lipinski definition) is 3. The topological polar surface area (TPSA) is 39.1 Å². The Kier molecular flexibility index (Phi) is 4.07. The highest BCUT2D eigenvalue weighted by atomic mass is 15.1. The Hall–Kier alpha value is -2.47. The van der Waals surface area contributed by atoms with Crippen molar-refractivity contribution >= 4 is 11.4 Å². The van der Waals surface area contributed by atoms with Gasteiger partial charge < -0.3 is 10.2 Å². The van der Waals surface area contributed by atoms with Gasteiger partial charge in [0, 0.05) is 25.3 Å². The van der Waals surface area contributed by atoms with E-state index < -0.39 is 0 Å². The molecule has 1 N–H and O–H groups in total. The van der Waals surface area contributed by atoms with Gasteiger partial charge in [-0.15, -0.1) is 0 Å². The van der Waals surface area contributed by atoms with Crippen LogP contribution in [-0.2, 0) is 6.54 Å². The van der Waals surface area contributed by atoms with Crippen LogP contribution in [0.25, 0.3) is 0 Å². The second kappa shape index (κ2) is 6.32. The second-order valence-electron chi connectivity index (χ2n) is 5.33. The summed E-state index contributed by atoms with van der Waals surface area (Å²) >= 11 is 0. The van der Waals surface area contributed by atoms with Crippen molar-refractivity contribution in [2.45, 2.75) is 19.4 Å². The molecule has 2 aromatic rings. The molecular weight excluding hydrogens is 258 g/mol. The van der Waals surface area contributed by atoms with Gasteiger partial charge in [-0.1, -0.05) is 30.3 Å². The maximum atomic E-state index is 9.14. The average Bonchev–Trinajstić information content (AvgIpc) is 3.08. The molecule has 2 aromatic carbocycles. The average molecular weight is 277 g/mol. The van der Waals surface area contributed by atoms with Gasteiger partial charge in [0.05, 0.1) is 11.3 Å². The van der Waals surface area contributed by atoms with E-state index in [9.17, 15) is 0 Å². The van der Waals surface area contributed by atoms with Crippen LogP contribution in [0.2, 0.25) is 0 Å². The van der Waals surface area contributed by atoms with E-state index in [2.05, 4.69) is 40.6 Å². The first-order chi connectivity index (χ1) is 10.4. The van der Waals surface area contributed by atoms with Gasteiger partial charge in [-0.25, -0.2) is 0 Å². The molecule has 0 saturated carbocycles. The second-order valence-corrected chi connectivity index (χ2v) is 5.33. The van der Waals surface area contributed by atoms with Crippen LogP contribution in [0.1, 0.15) is 24.0 Å². The summed E-state index contributed by atoms with van der Waals surface area (Å²) in [5, 5.41) is 12.5. The Bertz CT molecular complexity index is 652. The van der Waals surface area contributed by atoms with Crippen molar-refractivity contribution in [2.24, 2.45) is 0 Å². The Balaban J connectivity index is 1.78. The van der Waals surface area contributed by atoms with Gasteiger partial charge in [0.25, 0.3) is 0 Å². The van der Waals surface area contributed by atoms with Crippen LogP contribution in [0, 0.1) is 11.3 Å². The van der Waals surface area contributed by atoms with Crippen LogP contribution in [-0.4, -0.2) is 13.1 Å². The lowest BCUT2D eigenvalue weighted by atomic mass is 10.1. The van der Waals surface area contributed by atoms with Crippen molar-refractivity contribution in [2.75, 3.05) is 23.3 Å². The van der Waals surface area contributed by atoms with E-state index in [-0.39, 0.29) is 0 Å². The molecule has 0 bridgehead atoms. The summed E-state index contributed by atoms with van der Waals surface area (Å²) in [4.78, 5) is 2.45. The van der Waals surface area contributed by atoms with E-state index in [0.29, 0.717) is 5.56 Å². The Labute approximate surface area is 125 Å². The van der Waals surface area contributed by atoms with Crippen molar-refractivity contribution in [3.8, 4) is 6.07 Å². The minimum absolute atomic E-state index is 0.691. The number of hydrogen-bond donors (Lipinski definition) is 1. The largest absolute Gasteiger partial charge is 0.380 e. The fourth-order valence-electron chi connectivity index (χ4n) is 2.85. The van der Waals surface area contributed by atoms with Gasteiger partial charge >= 0.3 is 0 Å². The summed E-state index contributed by atoms with van der Waals surface area (Å²) in [6.07, 6.45) is 2.55. The first-order valence-corrected chi connectivity index (χ1v) is 7.44. The Morgan fingerprint density at radius 3 is 2.52 bits per heavy atom. The van der Waals surface area contributed by atoms with Gasteiger partial charge in [0.15, 0.2) is 0 Å². The van der Waals surface area contributed by atoms with Crippen molar-refractivity contribution in [3.63, 3.8) is 0 Å². The Morgan fingerprint density at radius 1 is 1.00 bits per heavy atom. The highest BCUT2D eigenvalue weighted by Gasteiger charge is 2.15. The molecule has 21 heavy (non-hydrogen) atoms. The molecule has 0 amide bonds. The molecule has 3 heteroatoms. The first-order valence-electron chi connectivity index (χ1n) is 7.44. The highest BCUT2D eigenvalue weighted by molar-refractivity contribution is 5.60. The molecule has 1 fully saturated rings. The molecule has 1 aliphatic heterocycles. The monoisotopic (exact) mass is 277 g/mol. The maximum Gasteiger partial charge on any atom is 0.101 e. The van der Waals surface area contributed by atoms with E-state index in [1.807, 2.05) is 24.3 Å². The lowest BCUT2D eigenvalue weighted by Crippen LogP contribution is -2.20. The molecule has 1 saturated heterocycles. The van der Waals surface area contributed by atoms with Crippen LogP contribution in [0.15, 0.2) is 48.5 Å². The lowest BCUT2D eigenvalue weighted by molar-refractivity contribution is 0.949. The first kappa shape index (κ1) is 13.5. The summed E-state index contributed by atoms with van der Waals surface area (Å²) in [6, 6.07) is 18.4. The number of nitrogens with one attached hydrogen (secondary N) is 1. The van der Waals surface area contributed by atoms with Crippen molar-refractivity contribution in [1.29, 1.82) is 5.26 Å². The van der Waals surface area contributed by atoms with Crippen LogP contribution < -0.4 is 10.2 Å². The van der Waals surface area contributed by atoms with Gasteiger partial charge in [-0.05, 0) is 36.6 Å². The fourth-order valence-corrected chi connectivity index (χ4v) is 2.85. The number of nitrogens with zero attached hydrogens (tertiary/aromatic N) is 2. The molecule has 0 atom stereocenters. The molecule has 0 unspecified atom stereocenters. The lowest BCUT2D eigenvalue weighted by Gasteiger charge is -2.21. The van der Waals surface area contributed by atoms with Gasteiger partial charge in [0.1, 0.15) is 6.07 Å². The van der Waals surface area contributed by atoms with Crippen molar-refractivity contribution in [3.05, 3.63) is 59.7 Å². The standard InChI is InChI=1S/C18H19N3/c19-13-15-7-1-3-9-17(15)20-14-16-8-2-4-10-18(16)21-11-5-6-12-21/h1-4,7-10,20H,5-6,11-12,14H2. The van der Waals surface area contributed by atoms with E-state index in [0.717, 1.165) is 25.3 Å². The van der Waals surface area contributed by atoms with Gasteiger partial charge in [0.2, 0.25) is 0 Å². The Morgan fingerprint density at radius 2 is 1.71 bits per heavy atom. The normalized spacial score (nSPS) is 14.0. The van der Waals surface area contributed by atoms with Crippen LogP contribution in [0.3, 0.4) is 0 Å². The maximum absolute atomic E-state index is 9.14. The van der Waals surface area contributed by atoms with Gasteiger partial charge in [-0.3, -0.25) is 0 Å². The van der Waals surface area contributed by atoms with Crippen molar-refractivity contribution in [1.82, 2.24) is 0 Å². The molecule has 3 nitrogen and oxygen atoms in total. The molecule has 0 aromatic heterocycles. The van der Waals surface area contributed by atoms with E-state index in [4.69, 9.17) is 5.26 Å². The number of para-hydroxylation sites is 2. The highest BCUT2D eigenvalue weighted by Crippen LogP contribution is 2.25. The quantitative estimate of drug-likeness (QED) is 0.924. The summed E-state index contributed by atoms with van der Waals surface area (Å²) in [7, 11) is 0. The zero-order chi connectivity index (χ0) is 14.5. The van der Waals surface area contributed by atoms with Crippen LogP contribution >= 0.6 is 0 Å². The fraction of sp³-hybridized carbons (Fsp3) is 0.278. The number of benzene rings is 2. The predicted octanol–water partition coefficient (Wildman–Crippen LogP) is 3.77. The summed E-state index contributed by atoms with van der Waals surface area (Å²) in [5.74, 6) is 0. The SMILES string of the molecule is N#Cc1ccccc1NCc1ccccc1N1CCCC1. The molecule has 106 valence electrons. The smallest absolute Gasteiger partial charge is 0.101 e. The third kappa shape index (κ3) is 3.00. The number of rotatable bonds is 4. The summed E-state index contributed by atoms with van der Waals surface area (Å²) in [6.45, 7) is 3.03. The molecule has 3 rings (SSSR count). The molecule has 0 radical (unpaired) electrons. The molecular formula is C18H19N3. The molecule has 1 heterocycles. The predicted molar refractivity (Wildman–Crippen MR) is 86.4 cm³/mol. The molecule has 0 aliphatic carbocycles. The molecule has 0 spiro atoms. The third-order valence-electron chi connectivity index (χ3n) is 3.96. The van der Waals surface area contributed by atoms with Crippen LogP contribution in [0.4, 0.5) is 11.4 Å². The molecule has 1 aliphatic rings. The minimum Gasteiger partial charge on any atom is -0.380 e. The van der Waals surface area contributed by atoms with Gasteiger partial charge in [-0.2, -0.15) is 5.26 Å². The minimum atomic E-state index is 0.691. The number of anilines is 2. The van der Waals surface area contributed by atoms with E-state index in [1.54, 1.807) is 0 Å². The van der Waals surface area contributed by atoms with E-state index in [1.165, 1.54) is 24.1 Å². The summed E-state index contributed by atoms with van der Waals surface area (Å²) < 4.78 is 0. The van der Waals surface area contributed by atoms with Crippen LogP contribution in [0.5, 0.6) is 0 Å². The van der Waals surface area contributed by atoms with E-state index >= 15 is 0 Å². The zero-order valence-electron chi connectivity index (χ0n) is 12.0.